The van der Waals surface area contributed by atoms with Crippen LogP contribution in [0.5, 0.6) is 0 Å². The summed E-state index contributed by atoms with van der Waals surface area (Å²) < 4.78 is 0.773. The Morgan fingerprint density at radius 1 is 1.50 bits per heavy atom. The highest BCUT2D eigenvalue weighted by Gasteiger charge is 2.12. The van der Waals surface area contributed by atoms with Crippen LogP contribution in [0.4, 0.5) is 5.69 Å². The van der Waals surface area contributed by atoms with Gasteiger partial charge in [-0.3, -0.25) is 4.79 Å². The molecule has 3 nitrogen and oxygen atoms in total. The van der Waals surface area contributed by atoms with Gasteiger partial charge in [-0.15, -0.1) is 11.3 Å². The van der Waals surface area contributed by atoms with Gasteiger partial charge in [-0.05, 0) is 39.5 Å². The van der Waals surface area contributed by atoms with Crippen molar-refractivity contribution in [3.63, 3.8) is 0 Å². The highest BCUT2D eigenvalue weighted by Crippen LogP contribution is 2.25. The zero-order valence-electron chi connectivity index (χ0n) is 7.91. The molecule has 0 aliphatic carbocycles. The summed E-state index contributed by atoms with van der Waals surface area (Å²) in [5.74, 6) is -0.197. The first-order valence-corrected chi connectivity index (χ1v) is 6.38. The number of hydrogen-bond acceptors (Lipinski definition) is 3. The number of nitrogens with one attached hydrogen (secondary N) is 1. The Bertz CT molecular complexity index is 529. The molecule has 2 aromatic rings. The number of anilines is 1. The van der Waals surface area contributed by atoms with E-state index in [1.165, 1.54) is 11.3 Å². The highest BCUT2D eigenvalue weighted by atomic mass is 79.9. The van der Waals surface area contributed by atoms with E-state index in [4.69, 9.17) is 11.6 Å². The molecule has 2 heterocycles. The predicted molar refractivity (Wildman–Crippen MR) is 69.2 cm³/mol. The van der Waals surface area contributed by atoms with Crippen molar-refractivity contribution in [2.24, 2.45) is 0 Å². The van der Waals surface area contributed by atoms with Crippen molar-refractivity contribution < 1.29 is 4.79 Å². The van der Waals surface area contributed by atoms with E-state index in [1.807, 2.05) is 11.4 Å². The normalized spacial score (nSPS) is 10.1. The molecule has 1 N–H and O–H groups in total. The van der Waals surface area contributed by atoms with Gasteiger partial charge in [0.2, 0.25) is 0 Å². The van der Waals surface area contributed by atoms with Crippen LogP contribution in [-0.2, 0) is 0 Å². The molecule has 0 radical (unpaired) electrons. The Kier molecular flexibility index (Phi) is 3.58. The predicted octanol–water partition coefficient (Wildman–Crippen LogP) is 3.81. The van der Waals surface area contributed by atoms with Gasteiger partial charge >= 0.3 is 0 Å². The van der Waals surface area contributed by atoms with Crippen LogP contribution in [0.1, 0.15) is 9.67 Å². The lowest BCUT2D eigenvalue weighted by molar-refractivity contribution is 0.103. The third-order valence-electron chi connectivity index (χ3n) is 1.83. The second-order valence-corrected chi connectivity index (χ2v) is 5.02. The second-order valence-electron chi connectivity index (χ2n) is 2.89. The highest BCUT2D eigenvalue weighted by molar-refractivity contribution is 9.10. The number of hydrogen-bond donors (Lipinski definition) is 1. The number of pyridine rings is 1. The summed E-state index contributed by atoms with van der Waals surface area (Å²) >= 11 is 10.5. The molecule has 0 aromatic carbocycles. The Balaban J connectivity index is 2.21. The van der Waals surface area contributed by atoms with Crippen molar-refractivity contribution in [3.05, 3.63) is 44.3 Å². The van der Waals surface area contributed by atoms with Crippen LogP contribution in [0.3, 0.4) is 0 Å². The third kappa shape index (κ3) is 2.42. The minimum atomic E-state index is -0.197. The maximum atomic E-state index is 11.8. The molecule has 0 unspecified atom stereocenters. The van der Waals surface area contributed by atoms with Crippen molar-refractivity contribution in [1.82, 2.24) is 4.98 Å². The van der Waals surface area contributed by atoms with Gasteiger partial charge in [-0.2, -0.15) is 0 Å². The molecule has 0 atom stereocenters. The van der Waals surface area contributed by atoms with E-state index in [-0.39, 0.29) is 11.1 Å². The molecule has 2 rings (SSSR count). The fourth-order valence-electron chi connectivity index (χ4n) is 1.11. The fourth-order valence-corrected chi connectivity index (χ4v) is 2.73. The van der Waals surface area contributed by atoms with Gasteiger partial charge in [-0.1, -0.05) is 11.6 Å². The summed E-state index contributed by atoms with van der Waals surface area (Å²) in [7, 11) is 0. The Hall–Kier alpha value is -0.910. The van der Waals surface area contributed by atoms with E-state index in [1.54, 1.807) is 18.3 Å². The zero-order valence-corrected chi connectivity index (χ0v) is 11.1. The minimum absolute atomic E-state index is 0.197. The minimum Gasteiger partial charge on any atom is -0.319 e. The number of nitrogens with zero attached hydrogens (tertiary/aromatic N) is 1. The maximum Gasteiger partial charge on any atom is 0.266 e. The number of halogens is 2. The first kappa shape index (κ1) is 11.6. The molecule has 0 fully saturated rings. The lowest BCUT2D eigenvalue weighted by Crippen LogP contribution is -2.11. The molecule has 0 aliphatic rings. The van der Waals surface area contributed by atoms with Crippen molar-refractivity contribution in [3.8, 4) is 0 Å². The molecule has 82 valence electrons. The molecular weight excluding hydrogens is 312 g/mol. The van der Waals surface area contributed by atoms with Gasteiger partial charge in [0, 0.05) is 10.7 Å². The van der Waals surface area contributed by atoms with Gasteiger partial charge < -0.3 is 5.32 Å². The fraction of sp³-hybridized carbons (Fsp3) is 0. The van der Waals surface area contributed by atoms with Crippen molar-refractivity contribution >= 4 is 50.5 Å². The molecule has 0 saturated carbocycles. The SMILES string of the molecule is O=C(Nc1cccnc1Cl)c1sccc1Br. The average molecular weight is 318 g/mol. The number of carbonyl (C=O) groups is 1. The van der Waals surface area contributed by atoms with E-state index in [0.717, 1.165) is 4.47 Å². The Morgan fingerprint density at radius 2 is 2.31 bits per heavy atom. The van der Waals surface area contributed by atoms with E-state index < -0.39 is 0 Å². The molecular formula is C10H6BrClN2OS. The molecule has 2 aromatic heterocycles. The number of aromatic nitrogens is 1. The molecule has 6 heteroatoms. The first-order chi connectivity index (χ1) is 7.68. The van der Waals surface area contributed by atoms with Crippen LogP contribution in [-0.4, -0.2) is 10.9 Å². The number of amides is 1. The van der Waals surface area contributed by atoms with Crippen molar-refractivity contribution in [2.75, 3.05) is 5.32 Å². The van der Waals surface area contributed by atoms with Crippen LogP contribution in [0, 0.1) is 0 Å². The van der Waals surface area contributed by atoms with Gasteiger partial charge in [0.05, 0.1) is 5.69 Å². The lowest BCUT2D eigenvalue weighted by Gasteiger charge is -2.04. The molecule has 0 aliphatic heterocycles. The van der Waals surface area contributed by atoms with Crippen LogP contribution in [0.25, 0.3) is 0 Å². The smallest absolute Gasteiger partial charge is 0.266 e. The van der Waals surface area contributed by atoms with Crippen molar-refractivity contribution in [1.29, 1.82) is 0 Å². The largest absolute Gasteiger partial charge is 0.319 e. The number of rotatable bonds is 2. The lowest BCUT2D eigenvalue weighted by atomic mass is 10.4. The van der Waals surface area contributed by atoms with Crippen molar-refractivity contribution in [2.45, 2.75) is 0 Å². The monoisotopic (exact) mass is 316 g/mol. The van der Waals surface area contributed by atoms with Crippen LogP contribution < -0.4 is 5.32 Å². The molecule has 0 bridgehead atoms. The van der Waals surface area contributed by atoms with Crippen LogP contribution >= 0.6 is 38.9 Å². The molecule has 0 saturated heterocycles. The van der Waals surface area contributed by atoms with Gasteiger partial charge in [0.25, 0.3) is 5.91 Å². The molecule has 0 spiro atoms. The van der Waals surface area contributed by atoms with E-state index in [9.17, 15) is 4.79 Å². The van der Waals surface area contributed by atoms with Crippen LogP contribution in [0.15, 0.2) is 34.2 Å². The number of carbonyl (C=O) groups excluding carboxylic acids is 1. The van der Waals surface area contributed by atoms with Crippen LogP contribution in [0.2, 0.25) is 5.15 Å². The zero-order chi connectivity index (χ0) is 11.5. The molecule has 16 heavy (non-hydrogen) atoms. The third-order valence-corrected chi connectivity index (χ3v) is 3.97. The maximum absolute atomic E-state index is 11.8. The summed E-state index contributed by atoms with van der Waals surface area (Å²) in [6.07, 6.45) is 1.57. The summed E-state index contributed by atoms with van der Waals surface area (Å²) in [5.41, 5.74) is 0.509. The standard InChI is InChI=1S/C10H6BrClN2OS/c11-6-3-5-16-8(6)10(15)14-7-2-1-4-13-9(7)12/h1-5H,(H,14,15). The van der Waals surface area contributed by atoms with E-state index in [2.05, 4.69) is 26.2 Å². The first-order valence-electron chi connectivity index (χ1n) is 4.33. The topological polar surface area (TPSA) is 42.0 Å². The summed E-state index contributed by atoms with van der Waals surface area (Å²) in [4.78, 5) is 16.3. The van der Waals surface area contributed by atoms with Gasteiger partial charge in [-0.25, -0.2) is 4.98 Å². The quantitative estimate of drug-likeness (QED) is 0.856. The second kappa shape index (κ2) is 4.95. The molecule has 1 amide bonds. The summed E-state index contributed by atoms with van der Waals surface area (Å²) in [6.45, 7) is 0. The summed E-state index contributed by atoms with van der Waals surface area (Å²) in [5, 5.41) is 4.82. The summed E-state index contributed by atoms with van der Waals surface area (Å²) in [6, 6.07) is 5.24. The van der Waals surface area contributed by atoms with E-state index in [0.29, 0.717) is 10.6 Å². The average Bonchev–Trinajstić information content (AvgIpc) is 2.68. The number of thiophene rings is 1. The van der Waals surface area contributed by atoms with Gasteiger partial charge in [0.1, 0.15) is 4.88 Å². The Morgan fingerprint density at radius 3 is 2.94 bits per heavy atom. The van der Waals surface area contributed by atoms with Gasteiger partial charge in [0.15, 0.2) is 5.15 Å². The Labute approximate surface area is 110 Å². The van der Waals surface area contributed by atoms with E-state index >= 15 is 0 Å².